The molecule has 1 N–H and O–H groups in total. The summed E-state index contributed by atoms with van der Waals surface area (Å²) >= 11 is 0. The second-order valence-electron chi connectivity index (χ2n) is 2.64. The molecule has 0 aliphatic rings. The maximum atomic E-state index is 9.13. The summed E-state index contributed by atoms with van der Waals surface area (Å²) in [6, 6.07) is 0. The average Bonchev–Trinajstić information content (AvgIpc) is 1.98. The van der Waals surface area contributed by atoms with Crippen molar-refractivity contribution in [2.75, 3.05) is 0 Å². The van der Waals surface area contributed by atoms with E-state index in [0.717, 1.165) is 25.7 Å². The predicted octanol–water partition coefficient (Wildman–Crippen LogP) is 2.50. The number of unbranched alkanes of at least 4 members (excludes halogenated alkanes) is 2. The fraction of sp³-hybridized carbons (Fsp3) is 0.778. The van der Waals surface area contributed by atoms with E-state index in [-0.39, 0.29) is 6.10 Å². The average molecular weight is 142 g/mol. The molecule has 1 unspecified atom stereocenters. The van der Waals surface area contributed by atoms with Gasteiger partial charge in [-0.2, -0.15) is 0 Å². The van der Waals surface area contributed by atoms with E-state index in [1.54, 1.807) is 0 Å². The van der Waals surface area contributed by atoms with E-state index in [4.69, 9.17) is 5.11 Å². The van der Waals surface area contributed by atoms with Gasteiger partial charge < -0.3 is 5.11 Å². The SMILES string of the molecule is C=CCCCCC(O)CC. The highest BCUT2D eigenvalue weighted by Crippen LogP contribution is 2.05. The zero-order valence-corrected chi connectivity index (χ0v) is 6.84. The highest BCUT2D eigenvalue weighted by Gasteiger charge is 1.97. The number of hydrogen-bond acceptors (Lipinski definition) is 1. The normalized spacial score (nSPS) is 13.0. The van der Waals surface area contributed by atoms with E-state index >= 15 is 0 Å². The van der Waals surface area contributed by atoms with Crippen molar-refractivity contribution in [1.29, 1.82) is 0 Å². The lowest BCUT2D eigenvalue weighted by Gasteiger charge is -2.04. The molecule has 0 saturated carbocycles. The van der Waals surface area contributed by atoms with Gasteiger partial charge in [0.15, 0.2) is 0 Å². The molecule has 0 bridgehead atoms. The molecule has 0 fully saturated rings. The molecule has 10 heavy (non-hydrogen) atoms. The molecule has 0 aliphatic heterocycles. The van der Waals surface area contributed by atoms with Crippen LogP contribution in [0.5, 0.6) is 0 Å². The molecule has 0 aliphatic carbocycles. The lowest BCUT2D eigenvalue weighted by molar-refractivity contribution is 0.157. The van der Waals surface area contributed by atoms with Crippen LogP contribution in [0.3, 0.4) is 0 Å². The van der Waals surface area contributed by atoms with Crippen molar-refractivity contribution in [2.45, 2.75) is 45.1 Å². The standard InChI is InChI=1S/C9H18O/c1-3-5-6-7-8-9(10)4-2/h3,9-10H,1,4-8H2,2H3. The topological polar surface area (TPSA) is 20.2 Å². The Kier molecular flexibility index (Phi) is 6.61. The van der Waals surface area contributed by atoms with E-state index in [1.807, 2.05) is 13.0 Å². The van der Waals surface area contributed by atoms with Crippen LogP contribution in [0, 0.1) is 0 Å². The van der Waals surface area contributed by atoms with Crippen LogP contribution in [0.4, 0.5) is 0 Å². The van der Waals surface area contributed by atoms with Crippen LogP contribution in [-0.4, -0.2) is 11.2 Å². The van der Waals surface area contributed by atoms with E-state index in [1.165, 1.54) is 6.42 Å². The van der Waals surface area contributed by atoms with E-state index in [0.29, 0.717) is 0 Å². The van der Waals surface area contributed by atoms with Crippen molar-refractivity contribution in [3.8, 4) is 0 Å². The Hall–Kier alpha value is -0.300. The highest BCUT2D eigenvalue weighted by atomic mass is 16.3. The van der Waals surface area contributed by atoms with Gasteiger partial charge in [0.1, 0.15) is 0 Å². The summed E-state index contributed by atoms with van der Waals surface area (Å²) in [5.41, 5.74) is 0. The Morgan fingerprint density at radius 3 is 2.70 bits per heavy atom. The molecule has 0 aromatic rings. The van der Waals surface area contributed by atoms with Gasteiger partial charge in [-0.1, -0.05) is 19.4 Å². The number of hydrogen-bond donors (Lipinski definition) is 1. The third-order valence-corrected chi connectivity index (χ3v) is 1.67. The Labute approximate surface area is 63.8 Å². The molecule has 1 atom stereocenters. The third kappa shape index (κ3) is 5.83. The zero-order valence-electron chi connectivity index (χ0n) is 6.84. The van der Waals surface area contributed by atoms with Crippen LogP contribution < -0.4 is 0 Å². The molecule has 0 heterocycles. The molecule has 0 saturated heterocycles. The summed E-state index contributed by atoms with van der Waals surface area (Å²) in [6.07, 6.45) is 7.05. The van der Waals surface area contributed by atoms with Crippen LogP contribution in [-0.2, 0) is 0 Å². The fourth-order valence-corrected chi connectivity index (χ4v) is 0.873. The maximum Gasteiger partial charge on any atom is 0.0537 e. The second kappa shape index (κ2) is 6.81. The molecule has 1 heteroatoms. The van der Waals surface area contributed by atoms with Crippen LogP contribution in [0.2, 0.25) is 0 Å². The first-order valence-electron chi connectivity index (χ1n) is 4.10. The van der Waals surface area contributed by atoms with E-state index < -0.39 is 0 Å². The summed E-state index contributed by atoms with van der Waals surface area (Å²) in [7, 11) is 0. The number of allylic oxidation sites excluding steroid dienone is 1. The molecule has 0 aromatic carbocycles. The summed E-state index contributed by atoms with van der Waals surface area (Å²) in [5.74, 6) is 0. The summed E-state index contributed by atoms with van der Waals surface area (Å²) < 4.78 is 0. The van der Waals surface area contributed by atoms with Crippen molar-refractivity contribution in [2.24, 2.45) is 0 Å². The van der Waals surface area contributed by atoms with Crippen LogP contribution >= 0.6 is 0 Å². The van der Waals surface area contributed by atoms with Crippen LogP contribution in [0.1, 0.15) is 39.0 Å². The van der Waals surface area contributed by atoms with E-state index in [2.05, 4.69) is 6.58 Å². The van der Waals surface area contributed by atoms with Crippen LogP contribution in [0.15, 0.2) is 12.7 Å². The Bertz CT molecular complexity index is 78.8. The Morgan fingerprint density at radius 1 is 1.50 bits per heavy atom. The molecule has 0 aromatic heterocycles. The fourth-order valence-electron chi connectivity index (χ4n) is 0.873. The smallest absolute Gasteiger partial charge is 0.0537 e. The van der Waals surface area contributed by atoms with Gasteiger partial charge in [-0.05, 0) is 25.7 Å². The lowest BCUT2D eigenvalue weighted by atomic mass is 10.1. The van der Waals surface area contributed by atoms with Crippen molar-refractivity contribution < 1.29 is 5.11 Å². The van der Waals surface area contributed by atoms with Gasteiger partial charge in [-0.25, -0.2) is 0 Å². The first-order chi connectivity index (χ1) is 4.81. The molecule has 0 amide bonds. The third-order valence-electron chi connectivity index (χ3n) is 1.67. The van der Waals surface area contributed by atoms with Gasteiger partial charge in [0, 0.05) is 0 Å². The number of rotatable bonds is 6. The number of aliphatic hydroxyl groups excluding tert-OH is 1. The first-order valence-corrected chi connectivity index (χ1v) is 4.10. The monoisotopic (exact) mass is 142 g/mol. The van der Waals surface area contributed by atoms with Gasteiger partial charge in [0.2, 0.25) is 0 Å². The van der Waals surface area contributed by atoms with Gasteiger partial charge >= 0.3 is 0 Å². The molecule has 60 valence electrons. The van der Waals surface area contributed by atoms with Gasteiger partial charge in [-0.15, -0.1) is 6.58 Å². The minimum absolute atomic E-state index is 0.0789. The molecular weight excluding hydrogens is 124 g/mol. The molecule has 0 rings (SSSR count). The molecule has 0 spiro atoms. The molecular formula is C9H18O. The Morgan fingerprint density at radius 2 is 2.20 bits per heavy atom. The summed E-state index contributed by atoms with van der Waals surface area (Å²) in [5, 5.41) is 9.13. The van der Waals surface area contributed by atoms with Crippen molar-refractivity contribution in [1.82, 2.24) is 0 Å². The highest BCUT2D eigenvalue weighted by molar-refractivity contribution is 4.66. The van der Waals surface area contributed by atoms with Gasteiger partial charge in [-0.3, -0.25) is 0 Å². The minimum Gasteiger partial charge on any atom is -0.393 e. The maximum absolute atomic E-state index is 9.13. The quantitative estimate of drug-likeness (QED) is 0.446. The van der Waals surface area contributed by atoms with Crippen molar-refractivity contribution >= 4 is 0 Å². The zero-order chi connectivity index (χ0) is 7.82. The van der Waals surface area contributed by atoms with Crippen LogP contribution in [0.25, 0.3) is 0 Å². The van der Waals surface area contributed by atoms with Gasteiger partial charge in [0.25, 0.3) is 0 Å². The van der Waals surface area contributed by atoms with Crippen molar-refractivity contribution in [3.05, 3.63) is 12.7 Å². The predicted molar refractivity (Wildman–Crippen MR) is 45.0 cm³/mol. The summed E-state index contributed by atoms with van der Waals surface area (Å²) in [6.45, 7) is 5.65. The molecule has 0 radical (unpaired) electrons. The van der Waals surface area contributed by atoms with Crippen molar-refractivity contribution in [3.63, 3.8) is 0 Å². The number of aliphatic hydroxyl groups is 1. The summed E-state index contributed by atoms with van der Waals surface area (Å²) in [4.78, 5) is 0. The van der Waals surface area contributed by atoms with E-state index in [9.17, 15) is 0 Å². The first kappa shape index (κ1) is 9.70. The largest absolute Gasteiger partial charge is 0.393 e. The minimum atomic E-state index is -0.0789. The van der Waals surface area contributed by atoms with Gasteiger partial charge in [0.05, 0.1) is 6.10 Å². The lowest BCUT2D eigenvalue weighted by Crippen LogP contribution is -2.02. The molecule has 1 nitrogen and oxygen atoms in total. The Balaban J connectivity index is 2.95. The second-order valence-corrected chi connectivity index (χ2v) is 2.64.